The molecule has 35 heavy (non-hydrogen) atoms. The Balaban J connectivity index is 1.92. The predicted molar refractivity (Wildman–Crippen MR) is 122 cm³/mol. The number of nitrogens with zero attached hydrogens (tertiary/aromatic N) is 1. The smallest absolute Gasteiger partial charge is 0.255 e. The van der Waals surface area contributed by atoms with Crippen LogP contribution in [0.4, 0.5) is 5.69 Å². The van der Waals surface area contributed by atoms with Gasteiger partial charge in [0.2, 0.25) is 11.7 Å². The van der Waals surface area contributed by atoms with Gasteiger partial charge in [0.1, 0.15) is 22.8 Å². The summed E-state index contributed by atoms with van der Waals surface area (Å²) < 4.78 is 0. The van der Waals surface area contributed by atoms with Crippen molar-refractivity contribution < 1.29 is 39.6 Å². The van der Waals surface area contributed by atoms with E-state index < -0.39 is 69.7 Å². The van der Waals surface area contributed by atoms with E-state index in [4.69, 9.17) is 11.5 Å². The van der Waals surface area contributed by atoms with Gasteiger partial charge in [-0.3, -0.25) is 24.1 Å². The van der Waals surface area contributed by atoms with Crippen LogP contribution in [0.3, 0.4) is 0 Å². The maximum Gasteiger partial charge on any atom is 0.255 e. The number of likely N-dealkylation sites (N-methyl/N-ethyl adjacent to an activating group) is 1. The van der Waals surface area contributed by atoms with Crippen molar-refractivity contribution >= 4 is 34.8 Å². The number of aliphatic hydroxyl groups excluding tert-OH is 2. The average Bonchev–Trinajstić information content (AvgIpc) is 2.77. The van der Waals surface area contributed by atoms with Crippen molar-refractivity contribution in [3.8, 4) is 5.75 Å². The third-order valence-electron chi connectivity index (χ3n) is 7.05. The molecule has 0 aliphatic heterocycles. The van der Waals surface area contributed by atoms with Gasteiger partial charge in [0, 0.05) is 11.5 Å². The molecule has 12 heteroatoms. The molecule has 0 spiro atoms. The number of aliphatic hydroxyl groups is 3. The van der Waals surface area contributed by atoms with E-state index in [-0.39, 0.29) is 36.2 Å². The highest BCUT2D eigenvalue weighted by atomic mass is 16.3. The SMILES string of the molecule is CN(C)[C@H]1C(=O)C(C(N)=O)=C(O)[C@]2(O)C(=O)C3=C(O)c4c(ccc(NC(=O)CN)c4O)C[C@@H]3C[C@H]12. The van der Waals surface area contributed by atoms with Gasteiger partial charge >= 0.3 is 0 Å². The molecule has 0 unspecified atom stereocenters. The molecule has 0 bridgehead atoms. The molecule has 186 valence electrons. The topological polar surface area (TPSA) is 217 Å². The van der Waals surface area contributed by atoms with Crippen LogP contribution in [0.15, 0.2) is 29.0 Å². The second-order valence-corrected chi connectivity index (χ2v) is 9.21. The number of hydrogen-bond donors (Lipinski definition) is 7. The van der Waals surface area contributed by atoms with Crippen molar-refractivity contribution in [2.24, 2.45) is 23.3 Å². The van der Waals surface area contributed by atoms with Crippen LogP contribution in [0.2, 0.25) is 0 Å². The summed E-state index contributed by atoms with van der Waals surface area (Å²) in [6.07, 6.45) is 0.158. The number of ketones is 2. The summed E-state index contributed by atoms with van der Waals surface area (Å²) >= 11 is 0. The number of fused-ring (bicyclic) bond motifs is 3. The molecule has 1 fully saturated rings. The standard InChI is InChI=1S/C23H26N4O8/c1-27(2)16-10-6-9-5-8-3-4-11(26-12(28)7-24)17(29)13(8)18(30)14(9)20(32)23(10,35)21(33)15(19(16)31)22(25)34/h3-4,9-10,16,29-30,33,35H,5-7,24H2,1-2H3,(H2,25,34)(H,26,28)/t9-,10-,16-,23-/m1/s1. The third kappa shape index (κ3) is 3.32. The number of phenols is 1. The Bertz CT molecular complexity index is 1250. The zero-order valence-corrected chi connectivity index (χ0v) is 19.0. The maximum atomic E-state index is 13.7. The van der Waals surface area contributed by atoms with Gasteiger partial charge in [0.05, 0.1) is 23.8 Å². The largest absolute Gasteiger partial charge is 0.508 e. The molecule has 2 amide bonds. The molecular formula is C23H26N4O8. The first-order valence-corrected chi connectivity index (χ1v) is 10.9. The van der Waals surface area contributed by atoms with Crippen LogP contribution >= 0.6 is 0 Å². The minimum Gasteiger partial charge on any atom is -0.508 e. The Labute approximate surface area is 199 Å². The van der Waals surface area contributed by atoms with Crippen molar-refractivity contribution in [2.75, 3.05) is 26.0 Å². The van der Waals surface area contributed by atoms with E-state index >= 15 is 0 Å². The molecule has 4 atom stereocenters. The zero-order valence-electron chi connectivity index (χ0n) is 19.0. The van der Waals surface area contributed by atoms with Crippen LogP contribution in [-0.4, -0.2) is 81.0 Å². The monoisotopic (exact) mass is 486 g/mol. The molecule has 1 saturated carbocycles. The fourth-order valence-electron chi connectivity index (χ4n) is 5.52. The lowest BCUT2D eigenvalue weighted by Gasteiger charge is -2.50. The Kier molecular flexibility index (Phi) is 5.70. The number of nitrogens with one attached hydrogen (secondary N) is 1. The molecule has 0 heterocycles. The Morgan fingerprint density at radius 3 is 2.43 bits per heavy atom. The number of carbonyl (C=O) groups is 4. The molecule has 0 radical (unpaired) electrons. The van der Waals surface area contributed by atoms with Crippen molar-refractivity contribution in [1.29, 1.82) is 0 Å². The summed E-state index contributed by atoms with van der Waals surface area (Å²) in [6, 6.07) is 1.86. The lowest BCUT2D eigenvalue weighted by molar-refractivity contribution is -0.153. The number of aromatic hydroxyl groups is 1. The van der Waals surface area contributed by atoms with Crippen LogP contribution in [0.1, 0.15) is 17.5 Å². The molecule has 1 aromatic rings. The Morgan fingerprint density at radius 2 is 1.86 bits per heavy atom. The first kappa shape index (κ1) is 24.4. The van der Waals surface area contributed by atoms with E-state index in [9.17, 15) is 39.6 Å². The maximum absolute atomic E-state index is 13.7. The molecule has 12 nitrogen and oxygen atoms in total. The van der Waals surface area contributed by atoms with Gasteiger partial charge in [0.25, 0.3) is 5.91 Å². The molecule has 1 aromatic carbocycles. The van der Waals surface area contributed by atoms with Crippen molar-refractivity contribution in [3.05, 3.63) is 40.2 Å². The number of Topliss-reactive ketones (excluding diaryl/α,β-unsaturated/α-hetero) is 2. The number of anilines is 1. The summed E-state index contributed by atoms with van der Waals surface area (Å²) in [4.78, 5) is 51.8. The predicted octanol–water partition coefficient (Wildman–Crippen LogP) is -1.14. The molecule has 3 aliphatic rings. The normalized spacial score (nSPS) is 28.0. The molecule has 0 aromatic heterocycles. The van der Waals surface area contributed by atoms with Crippen LogP contribution < -0.4 is 16.8 Å². The van der Waals surface area contributed by atoms with Crippen molar-refractivity contribution in [1.82, 2.24) is 4.90 Å². The minimum absolute atomic E-state index is 0.00180. The van der Waals surface area contributed by atoms with E-state index in [2.05, 4.69) is 5.32 Å². The number of primary amides is 1. The summed E-state index contributed by atoms with van der Waals surface area (Å²) in [5.74, 6) is -7.91. The fourth-order valence-corrected chi connectivity index (χ4v) is 5.52. The Morgan fingerprint density at radius 1 is 1.20 bits per heavy atom. The van der Waals surface area contributed by atoms with Gasteiger partial charge in [0.15, 0.2) is 11.4 Å². The highest BCUT2D eigenvalue weighted by Gasteiger charge is 2.64. The number of amides is 2. The Hall–Kier alpha value is -3.74. The molecule has 9 N–H and O–H groups in total. The van der Waals surface area contributed by atoms with Gasteiger partial charge in [-0.1, -0.05) is 6.07 Å². The number of phenolic OH excluding ortho intramolecular Hbond substituents is 1. The van der Waals surface area contributed by atoms with Gasteiger partial charge in [-0.05, 0) is 44.5 Å². The zero-order chi connectivity index (χ0) is 26.0. The van der Waals surface area contributed by atoms with Crippen molar-refractivity contribution in [2.45, 2.75) is 24.5 Å². The first-order chi connectivity index (χ1) is 16.4. The molecular weight excluding hydrogens is 460 g/mol. The van der Waals surface area contributed by atoms with Gasteiger partial charge < -0.3 is 37.2 Å². The number of benzene rings is 1. The lowest BCUT2D eigenvalue weighted by Crippen LogP contribution is -2.65. The molecule has 3 aliphatic carbocycles. The lowest BCUT2D eigenvalue weighted by atomic mass is 9.57. The van der Waals surface area contributed by atoms with E-state index in [0.717, 1.165) is 0 Å². The van der Waals surface area contributed by atoms with Crippen LogP contribution in [0.5, 0.6) is 5.75 Å². The van der Waals surface area contributed by atoms with E-state index in [1.807, 2.05) is 0 Å². The number of nitrogens with two attached hydrogens (primary N) is 2. The van der Waals surface area contributed by atoms with E-state index in [1.54, 1.807) is 6.07 Å². The second-order valence-electron chi connectivity index (χ2n) is 9.21. The highest BCUT2D eigenvalue weighted by Crippen LogP contribution is 2.53. The van der Waals surface area contributed by atoms with E-state index in [0.29, 0.717) is 5.56 Å². The quantitative estimate of drug-likeness (QED) is 0.200. The van der Waals surface area contributed by atoms with Gasteiger partial charge in [-0.25, -0.2) is 0 Å². The molecule has 4 rings (SSSR count). The first-order valence-electron chi connectivity index (χ1n) is 10.9. The fraction of sp³-hybridized carbons (Fsp3) is 0.391. The number of rotatable bonds is 4. The molecule has 0 saturated heterocycles. The summed E-state index contributed by atoms with van der Waals surface area (Å²) in [6.45, 7) is -0.349. The average molecular weight is 486 g/mol. The van der Waals surface area contributed by atoms with Crippen molar-refractivity contribution in [3.63, 3.8) is 0 Å². The summed E-state index contributed by atoms with van der Waals surface area (Å²) in [5, 5.41) is 46.6. The van der Waals surface area contributed by atoms with E-state index in [1.165, 1.54) is 25.1 Å². The summed E-state index contributed by atoms with van der Waals surface area (Å²) in [7, 11) is 3.06. The summed E-state index contributed by atoms with van der Waals surface area (Å²) in [5.41, 5.74) is 7.05. The highest BCUT2D eigenvalue weighted by molar-refractivity contribution is 6.24. The van der Waals surface area contributed by atoms with Crippen LogP contribution in [0.25, 0.3) is 5.76 Å². The second kappa shape index (κ2) is 8.18. The van der Waals surface area contributed by atoms with Crippen LogP contribution in [-0.2, 0) is 25.6 Å². The minimum atomic E-state index is -2.70. The number of carbonyl (C=O) groups excluding carboxylic acids is 4. The van der Waals surface area contributed by atoms with Crippen LogP contribution in [0, 0.1) is 11.8 Å². The number of hydrogen-bond acceptors (Lipinski definition) is 10. The third-order valence-corrected chi connectivity index (χ3v) is 7.05. The van der Waals surface area contributed by atoms with Gasteiger partial charge in [-0.2, -0.15) is 0 Å². The van der Waals surface area contributed by atoms with Gasteiger partial charge in [-0.15, -0.1) is 0 Å².